The number of imide groups is 1. The molecule has 0 saturated heterocycles. The largest absolute Gasteiger partial charge is 0.426 e. The van der Waals surface area contributed by atoms with Crippen LogP contribution < -0.4 is 24.6 Å². The smallest absolute Gasteiger partial charge is 0.412 e. The summed E-state index contributed by atoms with van der Waals surface area (Å²) in [4.78, 5) is 81.0. The first-order valence-corrected chi connectivity index (χ1v) is 22.5. The van der Waals surface area contributed by atoms with Gasteiger partial charge in [-0.1, -0.05) is 54.6 Å². The average molecular weight is 916 g/mol. The average Bonchev–Trinajstić information content (AvgIpc) is 3.96. The van der Waals surface area contributed by atoms with E-state index < -0.39 is 12.1 Å². The third-order valence-corrected chi connectivity index (χ3v) is 12.3. The Morgan fingerprint density at radius 2 is 1.30 bits per heavy atom. The van der Waals surface area contributed by atoms with Crippen LogP contribution in [0.1, 0.15) is 29.9 Å². The summed E-state index contributed by atoms with van der Waals surface area (Å²) in [6.45, 7) is 3.05. The SMILES string of the molecule is CS/C(=C\C=C\C(=O)N1CC(CCl)c2c1cc(OC(C)=O)c1ccccc21)C(=O)N1C[C@@H](CCl)c2c1cc(OC(=O)NCCOCCOCCN1C(=O)C=CC1=O)c1ccccc21. The van der Waals surface area contributed by atoms with Gasteiger partial charge in [0.15, 0.2) is 0 Å². The maximum atomic E-state index is 14.3. The molecule has 0 radical (unpaired) electrons. The molecule has 0 saturated carbocycles. The number of esters is 1. The number of fused-ring (bicyclic) bond motifs is 6. The zero-order chi connectivity index (χ0) is 44.6. The molecular weight excluding hydrogens is 871 g/mol. The third kappa shape index (κ3) is 9.93. The van der Waals surface area contributed by atoms with Crippen molar-refractivity contribution < 1.29 is 47.7 Å². The van der Waals surface area contributed by atoms with Crippen molar-refractivity contribution in [2.45, 2.75) is 18.8 Å². The highest BCUT2D eigenvalue weighted by atomic mass is 35.5. The Hall–Kier alpha value is -5.71. The van der Waals surface area contributed by atoms with Crippen molar-refractivity contribution in [3.8, 4) is 11.5 Å². The fourth-order valence-electron chi connectivity index (χ4n) is 7.96. The van der Waals surface area contributed by atoms with Gasteiger partial charge in [-0.3, -0.25) is 28.9 Å². The molecule has 5 amide bonds. The van der Waals surface area contributed by atoms with Crippen LogP contribution in [0.15, 0.2) is 95.9 Å². The van der Waals surface area contributed by atoms with E-state index >= 15 is 0 Å². The maximum Gasteiger partial charge on any atom is 0.412 e. The fraction of sp³-hybridized carbons (Fsp3) is 0.304. The number of carbonyl (C=O) groups is 6. The Morgan fingerprint density at radius 3 is 1.87 bits per heavy atom. The normalized spacial score (nSPS) is 17.0. The molecule has 0 bridgehead atoms. The number of benzene rings is 4. The van der Waals surface area contributed by atoms with E-state index in [2.05, 4.69) is 5.32 Å². The van der Waals surface area contributed by atoms with Crippen molar-refractivity contribution in [1.29, 1.82) is 0 Å². The van der Waals surface area contributed by atoms with Crippen molar-refractivity contribution in [1.82, 2.24) is 10.2 Å². The molecule has 63 heavy (non-hydrogen) atoms. The molecule has 1 N–H and O–H groups in total. The van der Waals surface area contributed by atoms with Gasteiger partial charge in [0.1, 0.15) is 11.5 Å². The standard InChI is InChI=1S/C46H44Cl2N4O10S/c1-28(53)61-37-22-35-43(33-10-5-3-8-31(33)37)29(24-47)26-51(35)40(54)13-7-12-39(63-2)45(57)52-27-30(25-48)44-34-11-6-4-9-32(34)38(23-36(44)52)62-46(58)49-16-18-59-20-21-60-19-17-50-41(55)14-15-42(50)56/h3-15,22-23,29-30H,16-21,24-27H2,1-2H3,(H,49,58)/b13-7+,39-12-/t29?,30-/m1/s1. The van der Waals surface area contributed by atoms with Crippen LogP contribution in [-0.4, -0.2) is 111 Å². The Balaban J connectivity index is 1.01. The van der Waals surface area contributed by atoms with Gasteiger partial charge in [-0.25, -0.2) is 4.79 Å². The first-order chi connectivity index (χ1) is 30.5. The molecule has 0 aliphatic carbocycles. The van der Waals surface area contributed by atoms with E-state index in [4.69, 9.17) is 42.1 Å². The van der Waals surface area contributed by atoms with E-state index in [0.29, 0.717) is 34.0 Å². The van der Waals surface area contributed by atoms with Crippen molar-refractivity contribution in [3.63, 3.8) is 0 Å². The lowest BCUT2D eigenvalue weighted by atomic mass is 9.95. The van der Waals surface area contributed by atoms with E-state index in [1.165, 1.54) is 36.9 Å². The topological polar surface area (TPSA) is 161 Å². The highest BCUT2D eigenvalue weighted by Crippen LogP contribution is 2.47. The molecule has 4 aromatic rings. The minimum atomic E-state index is -0.716. The number of anilines is 2. The van der Waals surface area contributed by atoms with Crippen molar-refractivity contribution >= 4 is 104 Å². The molecule has 0 fully saturated rings. The van der Waals surface area contributed by atoms with Crippen LogP contribution in [0.25, 0.3) is 21.5 Å². The summed E-state index contributed by atoms with van der Waals surface area (Å²) in [5.74, 6) is -1.11. The fourth-order valence-corrected chi connectivity index (χ4v) is 8.96. The van der Waals surface area contributed by atoms with Crippen LogP contribution in [-0.2, 0) is 33.4 Å². The molecule has 3 heterocycles. The summed E-state index contributed by atoms with van der Waals surface area (Å²) in [5, 5.41) is 5.75. The van der Waals surface area contributed by atoms with E-state index in [1.807, 2.05) is 48.5 Å². The summed E-state index contributed by atoms with van der Waals surface area (Å²) in [6.07, 6.45) is 8.02. The molecule has 0 spiro atoms. The first-order valence-electron chi connectivity index (χ1n) is 20.2. The zero-order valence-electron chi connectivity index (χ0n) is 34.5. The second-order valence-corrected chi connectivity index (χ2v) is 16.1. The molecule has 14 nitrogen and oxygen atoms in total. The van der Waals surface area contributed by atoms with E-state index in [0.717, 1.165) is 32.2 Å². The second-order valence-electron chi connectivity index (χ2n) is 14.7. The van der Waals surface area contributed by atoms with Gasteiger partial charge in [-0.15, -0.1) is 35.0 Å². The Bertz CT molecular complexity index is 2550. The number of alkyl halides is 2. The van der Waals surface area contributed by atoms with Gasteiger partial charge in [-0.05, 0) is 34.2 Å². The predicted molar refractivity (Wildman–Crippen MR) is 243 cm³/mol. The number of rotatable bonds is 17. The number of hydrogen-bond acceptors (Lipinski definition) is 11. The quantitative estimate of drug-likeness (QED) is 0.0226. The van der Waals surface area contributed by atoms with Crippen molar-refractivity contribution in [2.75, 3.05) is 80.4 Å². The third-order valence-electron chi connectivity index (χ3n) is 10.8. The molecule has 3 aliphatic rings. The molecule has 3 aliphatic heterocycles. The van der Waals surface area contributed by atoms with E-state index in [9.17, 15) is 28.8 Å². The van der Waals surface area contributed by atoms with E-state index in [-0.39, 0.29) is 99.0 Å². The Morgan fingerprint density at radius 1 is 0.762 bits per heavy atom. The lowest BCUT2D eigenvalue weighted by molar-refractivity contribution is -0.138. The van der Waals surface area contributed by atoms with Gasteiger partial charge in [0.25, 0.3) is 23.6 Å². The number of nitrogens with one attached hydrogen (secondary N) is 1. The van der Waals surface area contributed by atoms with Gasteiger partial charge in [-0.2, -0.15) is 0 Å². The number of amides is 5. The van der Waals surface area contributed by atoms with Crippen LogP contribution in [0, 0.1) is 0 Å². The Labute approximate surface area is 377 Å². The monoisotopic (exact) mass is 914 g/mol. The molecular formula is C46H44Cl2N4O10S. The van der Waals surface area contributed by atoms with Crippen LogP contribution in [0.5, 0.6) is 11.5 Å². The first kappa shape index (κ1) is 45.3. The van der Waals surface area contributed by atoms with Crippen molar-refractivity contribution in [2.24, 2.45) is 0 Å². The molecule has 0 aromatic heterocycles. The predicted octanol–water partition coefficient (Wildman–Crippen LogP) is 6.81. The number of ether oxygens (including phenoxy) is 4. The van der Waals surface area contributed by atoms with Crippen LogP contribution in [0.4, 0.5) is 16.2 Å². The zero-order valence-corrected chi connectivity index (χ0v) is 36.8. The second kappa shape index (κ2) is 20.6. The van der Waals surface area contributed by atoms with Gasteiger partial charge in [0, 0.05) is 91.3 Å². The minimum Gasteiger partial charge on any atom is -0.426 e. The highest BCUT2D eigenvalue weighted by Gasteiger charge is 2.37. The summed E-state index contributed by atoms with van der Waals surface area (Å²) < 4.78 is 22.3. The molecule has 4 aromatic carbocycles. The molecule has 2 atom stereocenters. The highest BCUT2D eigenvalue weighted by molar-refractivity contribution is 8.03. The molecule has 1 unspecified atom stereocenters. The molecule has 328 valence electrons. The number of thioether (sulfide) groups is 1. The van der Waals surface area contributed by atoms with Gasteiger partial charge < -0.3 is 34.1 Å². The number of halogens is 2. The van der Waals surface area contributed by atoms with Crippen LogP contribution in [0.3, 0.4) is 0 Å². The number of allylic oxidation sites excluding steroid dienone is 2. The Kier molecular flexibility index (Phi) is 14.9. The molecule has 17 heteroatoms. The van der Waals surface area contributed by atoms with Gasteiger partial charge >= 0.3 is 12.1 Å². The number of nitrogens with zero attached hydrogens (tertiary/aromatic N) is 3. The van der Waals surface area contributed by atoms with Crippen LogP contribution in [0.2, 0.25) is 0 Å². The summed E-state index contributed by atoms with van der Waals surface area (Å²) in [7, 11) is 0. The maximum absolute atomic E-state index is 14.3. The van der Waals surface area contributed by atoms with Crippen molar-refractivity contribution in [3.05, 3.63) is 107 Å². The van der Waals surface area contributed by atoms with Gasteiger partial charge in [0.2, 0.25) is 0 Å². The van der Waals surface area contributed by atoms with E-state index in [1.54, 1.807) is 40.3 Å². The molecule has 7 rings (SSSR count). The summed E-state index contributed by atoms with van der Waals surface area (Å²) >= 11 is 14.2. The van der Waals surface area contributed by atoms with Crippen LogP contribution >= 0.6 is 35.0 Å². The number of carbonyl (C=O) groups excluding carboxylic acids is 6. The lowest BCUT2D eigenvalue weighted by Gasteiger charge is -2.20. The lowest BCUT2D eigenvalue weighted by Crippen LogP contribution is -2.33. The number of hydrogen-bond donors (Lipinski definition) is 1. The summed E-state index contributed by atoms with van der Waals surface area (Å²) in [6, 6.07) is 18.4. The minimum absolute atomic E-state index is 0.144. The van der Waals surface area contributed by atoms with Gasteiger partial charge in [0.05, 0.1) is 49.3 Å². The summed E-state index contributed by atoms with van der Waals surface area (Å²) in [5.41, 5.74) is 2.93.